The number of rotatable bonds is 4. The zero-order valence-corrected chi connectivity index (χ0v) is 18.6. The molecule has 0 radical (unpaired) electrons. The summed E-state index contributed by atoms with van der Waals surface area (Å²) >= 11 is 3.64. The van der Waals surface area contributed by atoms with Crippen LogP contribution in [0.1, 0.15) is 57.4 Å². The molecule has 150 valence electrons. The summed E-state index contributed by atoms with van der Waals surface area (Å²) in [5, 5.41) is 11.8. The van der Waals surface area contributed by atoms with Crippen LogP contribution in [0.5, 0.6) is 17.2 Å². The molecule has 0 aromatic heterocycles. The molecule has 1 fully saturated rings. The number of hydrogen-bond donors (Lipinski definition) is 1. The van der Waals surface area contributed by atoms with E-state index < -0.39 is 5.60 Å². The van der Waals surface area contributed by atoms with Crippen molar-refractivity contribution in [1.29, 1.82) is 0 Å². The summed E-state index contributed by atoms with van der Waals surface area (Å²) in [4.78, 5) is 0. The van der Waals surface area contributed by atoms with Gasteiger partial charge in [0.2, 0.25) is 0 Å². The van der Waals surface area contributed by atoms with Gasteiger partial charge in [0.1, 0.15) is 10.2 Å². The molecule has 3 rings (SSSR count). The lowest BCUT2D eigenvalue weighted by Gasteiger charge is -2.53. The predicted molar refractivity (Wildman–Crippen MR) is 111 cm³/mol. The lowest BCUT2D eigenvalue weighted by atomic mass is 9.55. The summed E-state index contributed by atoms with van der Waals surface area (Å²) in [6.45, 7) is 4.41. The van der Waals surface area contributed by atoms with Crippen LogP contribution in [0.2, 0.25) is 0 Å². The maximum atomic E-state index is 11.8. The fraction of sp³-hybridized carbons (Fsp3) is 0.636. The van der Waals surface area contributed by atoms with Crippen LogP contribution in [0.3, 0.4) is 0 Å². The highest BCUT2D eigenvalue weighted by atomic mass is 79.9. The smallest absolute Gasteiger partial charge is 0.178 e. The van der Waals surface area contributed by atoms with Crippen molar-refractivity contribution in [2.75, 3.05) is 21.3 Å². The molecule has 0 aliphatic heterocycles. The maximum absolute atomic E-state index is 11.8. The second-order valence-corrected chi connectivity index (χ2v) is 9.17. The van der Waals surface area contributed by atoms with Crippen LogP contribution >= 0.6 is 15.9 Å². The van der Waals surface area contributed by atoms with Gasteiger partial charge in [0.15, 0.2) is 11.5 Å². The number of ether oxygens (including phenoxy) is 3. The Labute approximate surface area is 171 Å². The van der Waals surface area contributed by atoms with E-state index in [0.717, 1.165) is 41.5 Å². The topological polar surface area (TPSA) is 47.9 Å². The minimum atomic E-state index is -0.729. The molecule has 1 N–H and O–H groups in total. The van der Waals surface area contributed by atoms with Gasteiger partial charge in [0.05, 0.1) is 26.9 Å². The van der Waals surface area contributed by atoms with E-state index in [9.17, 15) is 5.11 Å². The molecular weight excluding hydrogens is 408 g/mol. The van der Waals surface area contributed by atoms with Crippen molar-refractivity contribution in [1.82, 2.24) is 0 Å². The summed E-state index contributed by atoms with van der Waals surface area (Å²) in [5.41, 5.74) is 0.215. The van der Waals surface area contributed by atoms with Crippen molar-refractivity contribution >= 4 is 15.9 Å². The zero-order valence-electron chi connectivity index (χ0n) is 17.0. The van der Waals surface area contributed by atoms with E-state index in [1.807, 2.05) is 6.07 Å². The van der Waals surface area contributed by atoms with E-state index in [0.29, 0.717) is 17.9 Å². The number of fused-ring (bicyclic) bond motifs is 1. The van der Waals surface area contributed by atoms with Gasteiger partial charge in [-0.1, -0.05) is 32.4 Å². The van der Waals surface area contributed by atoms with E-state index in [1.54, 1.807) is 21.3 Å². The fourth-order valence-electron chi connectivity index (χ4n) is 5.13. The van der Waals surface area contributed by atoms with Gasteiger partial charge in [-0.05, 0) is 64.9 Å². The highest BCUT2D eigenvalue weighted by Crippen LogP contribution is 2.58. The van der Waals surface area contributed by atoms with Gasteiger partial charge in [-0.15, -0.1) is 0 Å². The van der Waals surface area contributed by atoms with Crippen LogP contribution in [-0.2, 0) is 0 Å². The molecule has 0 unspecified atom stereocenters. The van der Waals surface area contributed by atoms with Crippen molar-refractivity contribution in [3.8, 4) is 17.2 Å². The molecule has 0 amide bonds. The monoisotopic (exact) mass is 438 g/mol. The SMILES string of the molecule is COc1cc([C@H]2CC=CC[C@]3(O)[C@@H]2CCCC3(C)C)c(OC)c(Br)c1OC. The third-order valence-electron chi connectivity index (χ3n) is 6.77. The van der Waals surface area contributed by atoms with Gasteiger partial charge in [-0.2, -0.15) is 0 Å². The molecule has 3 atom stereocenters. The van der Waals surface area contributed by atoms with Crippen LogP contribution in [-0.4, -0.2) is 32.0 Å². The molecule has 0 bridgehead atoms. The molecule has 0 heterocycles. The second-order valence-electron chi connectivity index (χ2n) is 8.37. The molecule has 1 aromatic carbocycles. The van der Waals surface area contributed by atoms with E-state index in [-0.39, 0.29) is 17.3 Å². The molecule has 2 aliphatic rings. The Morgan fingerprint density at radius 2 is 1.78 bits per heavy atom. The Hall–Kier alpha value is -1.20. The molecule has 0 spiro atoms. The Morgan fingerprint density at radius 3 is 2.41 bits per heavy atom. The van der Waals surface area contributed by atoms with Crippen molar-refractivity contribution in [2.24, 2.45) is 11.3 Å². The van der Waals surface area contributed by atoms with Crippen molar-refractivity contribution in [2.45, 2.75) is 57.5 Å². The van der Waals surface area contributed by atoms with Gasteiger partial charge < -0.3 is 19.3 Å². The first-order chi connectivity index (χ1) is 12.8. The molecule has 1 aromatic rings. The molecule has 2 aliphatic carbocycles. The molecule has 27 heavy (non-hydrogen) atoms. The van der Waals surface area contributed by atoms with Crippen molar-refractivity contribution in [3.05, 3.63) is 28.3 Å². The second kappa shape index (κ2) is 7.67. The average molecular weight is 439 g/mol. The number of allylic oxidation sites excluding steroid dienone is 1. The van der Waals surface area contributed by atoms with Crippen LogP contribution < -0.4 is 14.2 Å². The molecule has 0 saturated heterocycles. The normalized spacial score (nSPS) is 29.6. The highest BCUT2D eigenvalue weighted by molar-refractivity contribution is 9.10. The van der Waals surface area contributed by atoms with E-state index in [4.69, 9.17) is 14.2 Å². The fourth-order valence-corrected chi connectivity index (χ4v) is 5.88. The number of halogens is 1. The minimum absolute atomic E-state index is 0.121. The number of benzene rings is 1. The lowest BCUT2D eigenvalue weighted by Crippen LogP contribution is -2.54. The van der Waals surface area contributed by atoms with Crippen LogP contribution in [0.25, 0.3) is 0 Å². The van der Waals surface area contributed by atoms with Crippen LogP contribution in [0.4, 0.5) is 0 Å². The summed E-state index contributed by atoms with van der Waals surface area (Å²) in [5.74, 6) is 2.38. The summed E-state index contributed by atoms with van der Waals surface area (Å²) in [7, 11) is 4.95. The number of aliphatic hydroxyl groups is 1. The Morgan fingerprint density at radius 1 is 1.07 bits per heavy atom. The first-order valence-corrected chi connectivity index (χ1v) is 10.5. The number of methoxy groups -OCH3 is 3. The molecule has 1 saturated carbocycles. The Bertz CT molecular complexity index is 728. The first-order valence-electron chi connectivity index (χ1n) is 9.66. The van der Waals surface area contributed by atoms with Gasteiger partial charge in [-0.3, -0.25) is 0 Å². The maximum Gasteiger partial charge on any atom is 0.178 e. The van der Waals surface area contributed by atoms with Crippen molar-refractivity contribution in [3.63, 3.8) is 0 Å². The lowest BCUT2D eigenvalue weighted by molar-refractivity contribution is -0.141. The average Bonchev–Trinajstić information content (AvgIpc) is 2.81. The van der Waals surface area contributed by atoms with Gasteiger partial charge >= 0.3 is 0 Å². The molecule has 5 heteroatoms. The number of hydrogen-bond acceptors (Lipinski definition) is 4. The van der Waals surface area contributed by atoms with E-state index in [1.165, 1.54) is 0 Å². The van der Waals surface area contributed by atoms with Gasteiger partial charge in [-0.25, -0.2) is 0 Å². The minimum Gasteiger partial charge on any atom is -0.495 e. The summed E-state index contributed by atoms with van der Waals surface area (Å²) in [6, 6.07) is 2.02. The Balaban J connectivity index is 2.17. The quantitative estimate of drug-likeness (QED) is 0.633. The zero-order chi connectivity index (χ0) is 19.8. The summed E-state index contributed by atoms with van der Waals surface area (Å²) < 4.78 is 17.7. The third-order valence-corrected chi connectivity index (χ3v) is 7.49. The van der Waals surface area contributed by atoms with Crippen molar-refractivity contribution < 1.29 is 19.3 Å². The highest BCUT2D eigenvalue weighted by Gasteiger charge is 2.54. The molecule has 4 nitrogen and oxygen atoms in total. The predicted octanol–water partition coefficient (Wildman–Crippen LogP) is 5.47. The molecular formula is C22H31BrO4. The van der Waals surface area contributed by atoms with Crippen LogP contribution in [0, 0.1) is 11.3 Å². The van der Waals surface area contributed by atoms with E-state index >= 15 is 0 Å². The van der Waals surface area contributed by atoms with Gasteiger partial charge in [0.25, 0.3) is 0 Å². The Kier molecular flexibility index (Phi) is 5.83. The van der Waals surface area contributed by atoms with Gasteiger partial charge in [0, 0.05) is 5.56 Å². The third kappa shape index (κ3) is 3.27. The largest absolute Gasteiger partial charge is 0.495 e. The van der Waals surface area contributed by atoms with E-state index in [2.05, 4.69) is 41.9 Å². The standard InChI is InChI=1S/C22H31BrO4/c1-21(2)11-8-10-16-14(9-6-7-12-22(16,21)24)15-13-17(25-3)20(27-5)18(23)19(15)26-4/h6-7,13-14,16,24H,8-12H2,1-5H3/t14-,16-,22+/m1/s1. The summed E-state index contributed by atoms with van der Waals surface area (Å²) in [6.07, 6.45) is 9.14. The van der Waals surface area contributed by atoms with Crippen LogP contribution in [0.15, 0.2) is 22.7 Å². The first kappa shape index (κ1) is 20.5.